The maximum Gasteiger partial charge on any atom is 0.255 e. The van der Waals surface area contributed by atoms with Gasteiger partial charge >= 0.3 is 0 Å². The van der Waals surface area contributed by atoms with Crippen molar-refractivity contribution in [1.29, 1.82) is 0 Å². The predicted molar refractivity (Wildman–Crippen MR) is 113 cm³/mol. The van der Waals surface area contributed by atoms with E-state index in [-0.39, 0.29) is 23.3 Å². The minimum atomic E-state index is -2.61. The van der Waals surface area contributed by atoms with Gasteiger partial charge in [0.15, 0.2) is 11.4 Å². The van der Waals surface area contributed by atoms with Crippen LogP contribution < -0.4 is 5.73 Å². The van der Waals surface area contributed by atoms with Crippen LogP contribution in [0.1, 0.15) is 34.8 Å². The second kappa shape index (κ2) is 7.18. The number of amides is 1. The first kappa shape index (κ1) is 22.0. The van der Waals surface area contributed by atoms with Gasteiger partial charge in [-0.15, -0.1) is 0 Å². The Kier molecular flexibility index (Phi) is 4.94. The average Bonchev–Trinajstić information content (AvgIpc) is 2.70. The highest BCUT2D eigenvalue weighted by Crippen LogP contribution is 2.52. The zero-order valence-electron chi connectivity index (χ0n) is 18.0. The van der Waals surface area contributed by atoms with Gasteiger partial charge in [0.25, 0.3) is 5.91 Å². The van der Waals surface area contributed by atoms with Crippen LogP contribution in [0.2, 0.25) is 0 Å². The second-order valence-electron chi connectivity index (χ2n) is 8.91. The molecular formula is C23H26N2O7. The number of rotatable bonds is 3. The largest absolute Gasteiger partial charge is 0.510 e. The molecule has 0 aliphatic heterocycles. The number of hydrogen-bond donors (Lipinski definition) is 5. The molecule has 9 nitrogen and oxygen atoms in total. The SMILES string of the molecule is CCc1ccc(O)c2c1CC1CC3C(N(C)C)C(O)=C(C(N)=O)C(=O)C3(O)C(O)=C1C2=O. The normalized spacial score (nSPS) is 29.7. The van der Waals surface area contributed by atoms with E-state index in [1.54, 1.807) is 20.2 Å². The predicted octanol–water partition coefficient (Wildman–Crippen LogP) is 0.683. The minimum Gasteiger partial charge on any atom is -0.510 e. The van der Waals surface area contributed by atoms with E-state index in [0.29, 0.717) is 18.4 Å². The fraction of sp³-hybridized carbons (Fsp3) is 0.435. The van der Waals surface area contributed by atoms with Crippen LogP contribution in [-0.4, -0.2) is 68.5 Å². The third-order valence-corrected chi connectivity index (χ3v) is 7.08. The van der Waals surface area contributed by atoms with Crippen LogP contribution in [-0.2, 0) is 22.4 Å². The number of Topliss-reactive ketones (excluding diaryl/α,β-unsaturated/α-hetero) is 2. The summed E-state index contributed by atoms with van der Waals surface area (Å²) in [5.74, 6) is -6.37. The van der Waals surface area contributed by atoms with Crippen molar-refractivity contribution >= 4 is 17.5 Å². The summed E-state index contributed by atoms with van der Waals surface area (Å²) in [7, 11) is 3.20. The molecule has 3 aliphatic carbocycles. The topological polar surface area (TPSA) is 161 Å². The molecule has 170 valence electrons. The summed E-state index contributed by atoms with van der Waals surface area (Å²) in [5, 5.41) is 43.8. The van der Waals surface area contributed by atoms with E-state index in [4.69, 9.17) is 5.73 Å². The van der Waals surface area contributed by atoms with Crippen LogP contribution in [0.5, 0.6) is 5.75 Å². The number of primary amides is 1. The number of benzene rings is 1. The van der Waals surface area contributed by atoms with E-state index < -0.39 is 58.0 Å². The average molecular weight is 442 g/mol. The van der Waals surface area contributed by atoms with Gasteiger partial charge in [0.05, 0.1) is 11.6 Å². The Morgan fingerprint density at radius 3 is 2.44 bits per heavy atom. The molecule has 0 fully saturated rings. The van der Waals surface area contributed by atoms with E-state index in [9.17, 15) is 34.8 Å². The molecule has 32 heavy (non-hydrogen) atoms. The van der Waals surface area contributed by atoms with E-state index in [1.807, 2.05) is 6.92 Å². The standard InChI is InChI=1S/C23H26N2O7/c1-4-9-5-6-13(26)15-11(9)7-10-8-12-17(25(2)3)19(28)16(22(24)31)21(30)23(12,32)20(29)14(10)18(15)27/h5-6,10,12,17,26,28-29,32H,4,7-8H2,1-3H3,(H2,24,31). The monoisotopic (exact) mass is 442 g/mol. The minimum absolute atomic E-state index is 0.0464. The molecule has 0 saturated carbocycles. The van der Waals surface area contributed by atoms with Gasteiger partial charge in [0, 0.05) is 11.5 Å². The molecule has 9 heteroatoms. The summed E-state index contributed by atoms with van der Waals surface area (Å²) in [4.78, 5) is 40.0. The number of ketones is 2. The molecule has 3 aliphatic rings. The molecule has 6 N–H and O–H groups in total. The zero-order valence-corrected chi connectivity index (χ0v) is 18.0. The van der Waals surface area contributed by atoms with Crippen molar-refractivity contribution in [2.24, 2.45) is 17.6 Å². The fourth-order valence-corrected chi connectivity index (χ4v) is 5.65. The molecule has 0 radical (unpaired) electrons. The van der Waals surface area contributed by atoms with E-state index >= 15 is 0 Å². The highest BCUT2D eigenvalue weighted by atomic mass is 16.3. The van der Waals surface area contributed by atoms with Crippen molar-refractivity contribution < 1.29 is 34.8 Å². The summed E-state index contributed by atoms with van der Waals surface area (Å²) in [6.07, 6.45) is 1.03. The van der Waals surface area contributed by atoms with E-state index in [1.165, 1.54) is 11.0 Å². The highest BCUT2D eigenvalue weighted by molar-refractivity contribution is 6.24. The Hall–Kier alpha value is -3.17. The molecule has 4 atom stereocenters. The number of phenols is 1. The maximum atomic E-state index is 13.4. The molecule has 1 aromatic carbocycles. The number of aromatic hydroxyl groups is 1. The lowest BCUT2D eigenvalue weighted by Crippen LogP contribution is -2.63. The molecule has 0 heterocycles. The van der Waals surface area contributed by atoms with Crippen LogP contribution in [0.4, 0.5) is 0 Å². The summed E-state index contributed by atoms with van der Waals surface area (Å²) < 4.78 is 0. The van der Waals surface area contributed by atoms with Crippen LogP contribution in [0, 0.1) is 11.8 Å². The number of nitrogens with zero attached hydrogens (tertiary/aromatic N) is 1. The number of phenolic OH excluding ortho intramolecular Hbond substituents is 1. The lowest BCUT2D eigenvalue weighted by molar-refractivity contribution is -0.148. The summed E-state index contributed by atoms with van der Waals surface area (Å²) in [6, 6.07) is 2.17. The van der Waals surface area contributed by atoms with Gasteiger partial charge in [-0.1, -0.05) is 13.0 Å². The van der Waals surface area contributed by atoms with Crippen molar-refractivity contribution in [3.05, 3.63) is 51.5 Å². The van der Waals surface area contributed by atoms with Gasteiger partial charge in [-0.05, 0) is 56.5 Å². The summed E-state index contributed by atoms with van der Waals surface area (Å²) in [5.41, 5.74) is 3.34. The van der Waals surface area contributed by atoms with Crippen LogP contribution >= 0.6 is 0 Å². The number of aryl methyl sites for hydroxylation is 1. The van der Waals surface area contributed by atoms with Crippen molar-refractivity contribution in [3.63, 3.8) is 0 Å². The van der Waals surface area contributed by atoms with E-state index in [2.05, 4.69) is 0 Å². The van der Waals surface area contributed by atoms with Gasteiger partial charge < -0.3 is 26.2 Å². The molecule has 4 rings (SSSR count). The Labute approximate surface area is 184 Å². The van der Waals surface area contributed by atoms with Gasteiger partial charge in [-0.2, -0.15) is 0 Å². The third-order valence-electron chi connectivity index (χ3n) is 7.08. The number of aliphatic hydroxyl groups is 3. The van der Waals surface area contributed by atoms with Crippen molar-refractivity contribution in [2.75, 3.05) is 14.1 Å². The van der Waals surface area contributed by atoms with Gasteiger partial charge in [-0.25, -0.2) is 0 Å². The van der Waals surface area contributed by atoms with Gasteiger partial charge in [0.1, 0.15) is 22.8 Å². The van der Waals surface area contributed by atoms with Crippen LogP contribution in [0.3, 0.4) is 0 Å². The molecule has 1 amide bonds. The summed E-state index contributed by atoms with van der Waals surface area (Å²) >= 11 is 0. The number of allylic oxidation sites excluding steroid dienone is 1. The number of hydrogen-bond acceptors (Lipinski definition) is 8. The first-order chi connectivity index (χ1) is 15.0. The van der Waals surface area contributed by atoms with Crippen molar-refractivity contribution in [3.8, 4) is 5.75 Å². The highest BCUT2D eigenvalue weighted by Gasteiger charge is 2.63. The van der Waals surface area contributed by atoms with Gasteiger partial charge in [0.2, 0.25) is 5.78 Å². The van der Waals surface area contributed by atoms with E-state index in [0.717, 1.165) is 5.56 Å². The Morgan fingerprint density at radius 1 is 1.22 bits per heavy atom. The number of carbonyl (C=O) groups is 3. The summed E-state index contributed by atoms with van der Waals surface area (Å²) in [6.45, 7) is 1.93. The first-order valence-electron chi connectivity index (χ1n) is 10.4. The van der Waals surface area contributed by atoms with Crippen molar-refractivity contribution in [2.45, 2.75) is 37.8 Å². The Balaban J connectivity index is 1.98. The first-order valence-corrected chi connectivity index (χ1v) is 10.4. The van der Waals surface area contributed by atoms with Gasteiger partial charge in [-0.3, -0.25) is 19.3 Å². The Morgan fingerprint density at radius 2 is 1.88 bits per heavy atom. The number of likely N-dealkylation sites (N-methyl/N-ethyl adjacent to an activating group) is 1. The molecule has 4 unspecified atom stereocenters. The Bertz CT molecular complexity index is 1130. The number of aliphatic hydroxyl groups excluding tert-OH is 2. The zero-order chi connectivity index (χ0) is 23.7. The second-order valence-corrected chi connectivity index (χ2v) is 8.91. The third kappa shape index (κ3) is 2.67. The molecule has 0 bridgehead atoms. The lowest BCUT2D eigenvalue weighted by Gasteiger charge is -2.50. The molecular weight excluding hydrogens is 416 g/mol. The van der Waals surface area contributed by atoms with Crippen LogP contribution in [0.25, 0.3) is 0 Å². The van der Waals surface area contributed by atoms with Crippen molar-refractivity contribution in [1.82, 2.24) is 4.90 Å². The number of carbonyl (C=O) groups excluding carboxylic acids is 3. The smallest absolute Gasteiger partial charge is 0.255 e. The fourth-order valence-electron chi connectivity index (χ4n) is 5.65. The molecule has 1 aromatic rings. The molecule has 0 spiro atoms. The number of nitrogens with two attached hydrogens (primary N) is 1. The quantitative estimate of drug-likeness (QED) is 0.427. The molecule has 0 aromatic heterocycles. The number of fused-ring (bicyclic) bond motifs is 3. The lowest BCUT2D eigenvalue weighted by atomic mass is 9.58. The maximum absolute atomic E-state index is 13.4. The molecule has 0 saturated heterocycles. The van der Waals surface area contributed by atoms with Crippen LogP contribution in [0.15, 0.2) is 34.8 Å².